The molecule has 0 radical (unpaired) electrons. The zero-order chi connectivity index (χ0) is 21.1. The topological polar surface area (TPSA) is 49.4 Å². The van der Waals surface area contributed by atoms with E-state index >= 15 is 0 Å². The Morgan fingerprint density at radius 3 is 2.20 bits per heavy atom. The zero-order valence-electron chi connectivity index (χ0n) is 16.4. The van der Waals surface area contributed by atoms with Crippen LogP contribution < -0.4 is 15.5 Å². The molecule has 0 saturated heterocycles. The fourth-order valence-corrected chi connectivity index (χ4v) is 4.21. The van der Waals surface area contributed by atoms with Crippen LogP contribution in [0.2, 0.25) is 0 Å². The van der Waals surface area contributed by atoms with Crippen LogP contribution in [-0.2, 0) is 6.42 Å². The van der Waals surface area contributed by atoms with Gasteiger partial charge in [-0.05, 0) is 47.4 Å². The maximum atomic E-state index is 14.1. The van der Waals surface area contributed by atoms with Crippen molar-refractivity contribution in [2.75, 3.05) is 12.8 Å². The minimum atomic E-state index is -0.567. The minimum absolute atomic E-state index is 0.00491. The summed E-state index contributed by atoms with van der Waals surface area (Å²) in [4.78, 5) is 3.24. The number of nitrogens with one attached hydrogen (secondary N) is 1. The van der Waals surface area contributed by atoms with E-state index < -0.39 is 11.6 Å². The van der Waals surface area contributed by atoms with E-state index in [9.17, 15) is 8.78 Å². The van der Waals surface area contributed by atoms with Crippen molar-refractivity contribution in [3.05, 3.63) is 101 Å². The number of aromatic nitrogens is 1. The number of halogens is 2. The van der Waals surface area contributed by atoms with E-state index in [0.717, 1.165) is 22.6 Å². The Labute approximate surface area is 177 Å². The summed E-state index contributed by atoms with van der Waals surface area (Å²) in [6.45, 7) is 0. The number of hydrogen-bond donors (Lipinski definition) is 1. The van der Waals surface area contributed by atoms with Crippen molar-refractivity contribution in [3.63, 3.8) is 0 Å². The Bertz CT molecular complexity index is 1120. The lowest BCUT2D eigenvalue weighted by Gasteiger charge is -2.15. The van der Waals surface area contributed by atoms with Crippen molar-refractivity contribution >= 4 is 16.5 Å². The molecule has 152 valence electrons. The highest BCUT2D eigenvalue weighted by Gasteiger charge is 2.21. The van der Waals surface area contributed by atoms with Crippen molar-refractivity contribution < 1.29 is 18.5 Å². The minimum Gasteiger partial charge on any atom is -0.497 e. The monoisotopic (exact) mass is 423 g/mol. The first-order chi connectivity index (χ1) is 14.5. The largest absolute Gasteiger partial charge is 0.497 e. The molecular weight excluding hydrogens is 402 g/mol. The van der Waals surface area contributed by atoms with Crippen LogP contribution in [0.15, 0.2) is 72.1 Å². The molecule has 0 spiro atoms. The number of methoxy groups -OCH3 is 1. The second kappa shape index (κ2) is 8.63. The molecule has 30 heavy (non-hydrogen) atoms. The van der Waals surface area contributed by atoms with Crippen molar-refractivity contribution in [1.29, 1.82) is 0 Å². The highest BCUT2D eigenvalue weighted by Crippen LogP contribution is 2.31. The van der Waals surface area contributed by atoms with Crippen LogP contribution in [0.25, 0.3) is 11.1 Å². The molecule has 6 heteroatoms. The number of rotatable bonds is 6. The van der Waals surface area contributed by atoms with Crippen molar-refractivity contribution in [3.8, 4) is 16.9 Å². The molecule has 0 saturated carbocycles. The van der Waals surface area contributed by atoms with Gasteiger partial charge >= 0.3 is 5.13 Å². The summed E-state index contributed by atoms with van der Waals surface area (Å²) in [5.41, 5.74) is 9.62. The maximum Gasteiger partial charge on any atom is 0.329 e. The molecule has 0 aliphatic rings. The highest BCUT2D eigenvalue weighted by atomic mass is 32.1. The molecule has 0 aliphatic carbocycles. The van der Waals surface area contributed by atoms with Gasteiger partial charge in [0.25, 0.3) is 0 Å². The molecule has 4 rings (SSSR count). The third-order valence-corrected chi connectivity index (χ3v) is 5.85. The third-order valence-electron chi connectivity index (χ3n) is 5.12. The molecule has 0 amide bonds. The maximum absolute atomic E-state index is 14.1. The Morgan fingerprint density at radius 2 is 1.63 bits per heavy atom. The number of anilines is 1. The quantitative estimate of drug-likeness (QED) is 0.447. The lowest BCUT2D eigenvalue weighted by atomic mass is 9.89. The lowest BCUT2D eigenvalue weighted by Crippen LogP contribution is -2.17. The summed E-state index contributed by atoms with van der Waals surface area (Å²) >= 11 is 1.46. The van der Waals surface area contributed by atoms with Gasteiger partial charge in [0.05, 0.1) is 18.6 Å². The van der Waals surface area contributed by atoms with E-state index in [2.05, 4.69) is 4.98 Å². The Morgan fingerprint density at radius 1 is 0.967 bits per heavy atom. The average molecular weight is 424 g/mol. The van der Waals surface area contributed by atoms with Crippen molar-refractivity contribution in [2.45, 2.75) is 12.3 Å². The van der Waals surface area contributed by atoms with Gasteiger partial charge in [0.2, 0.25) is 0 Å². The van der Waals surface area contributed by atoms with Crippen LogP contribution in [0.3, 0.4) is 0 Å². The van der Waals surface area contributed by atoms with Crippen LogP contribution in [0.5, 0.6) is 5.75 Å². The summed E-state index contributed by atoms with van der Waals surface area (Å²) in [6, 6.07) is 19.2. The van der Waals surface area contributed by atoms with E-state index in [-0.39, 0.29) is 11.5 Å². The number of nitrogen functional groups attached to an aromatic ring is 1. The fourth-order valence-electron chi connectivity index (χ4n) is 3.56. The summed E-state index contributed by atoms with van der Waals surface area (Å²) in [6.07, 6.45) is 0.707. The SMILES string of the molecule is COc1ccc([C@H](Cc2ccc(-c3c(F)cccc3F)cc2)c2csc(N)[nH+]2)cc1. The second-order valence-electron chi connectivity index (χ2n) is 7.00. The fraction of sp³-hybridized carbons (Fsp3) is 0.125. The van der Waals surface area contributed by atoms with Crippen LogP contribution in [0.4, 0.5) is 13.9 Å². The molecule has 3 N–H and O–H groups in total. The number of ether oxygens (including phenoxy) is 1. The van der Waals surface area contributed by atoms with E-state index in [4.69, 9.17) is 10.5 Å². The molecule has 1 heterocycles. The molecule has 4 aromatic rings. The number of benzene rings is 3. The van der Waals surface area contributed by atoms with E-state index in [1.807, 2.05) is 41.8 Å². The van der Waals surface area contributed by atoms with Gasteiger partial charge in [-0.25, -0.2) is 13.8 Å². The summed E-state index contributed by atoms with van der Waals surface area (Å²) in [5, 5.41) is 2.67. The summed E-state index contributed by atoms with van der Waals surface area (Å²) in [7, 11) is 1.64. The number of nitrogens with two attached hydrogens (primary N) is 1. The molecule has 1 aromatic heterocycles. The van der Waals surface area contributed by atoms with Crippen LogP contribution in [0, 0.1) is 11.6 Å². The molecule has 3 aromatic carbocycles. The van der Waals surface area contributed by atoms with Gasteiger partial charge in [0.1, 0.15) is 23.1 Å². The standard InChI is InChI=1S/C24H20F2N2OS/c1-29-18-11-9-16(10-12-18)19(22-14-30-24(27)28-22)13-15-5-7-17(8-6-15)23-20(25)3-2-4-21(23)26/h2-12,14,19H,13H2,1H3,(H2,27,28)/p+1/t19-/m0/s1. The van der Waals surface area contributed by atoms with Crippen molar-refractivity contribution in [2.24, 2.45) is 0 Å². The molecule has 0 unspecified atom stereocenters. The van der Waals surface area contributed by atoms with Gasteiger partial charge in [0, 0.05) is 5.38 Å². The van der Waals surface area contributed by atoms with Gasteiger partial charge in [-0.1, -0.05) is 53.8 Å². The molecular formula is C24H21F2N2OS+. The summed E-state index contributed by atoms with van der Waals surface area (Å²) in [5.74, 6) is -0.285. The number of thiazole rings is 1. The average Bonchev–Trinajstić information content (AvgIpc) is 3.19. The molecule has 0 fully saturated rings. The first kappa shape index (κ1) is 20.0. The Balaban J connectivity index is 1.64. The van der Waals surface area contributed by atoms with Gasteiger partial charge in [-0.15, -0.1) is 0 Å². The lowest BCUT2D eigenvalue weighted by molar-refractivity contribution is -0.368. The first-order valence-corrected chi connectivity index (χ1v) is 10.4. The second-order valence-corrected chi connectivity index (χ2v) is 7.91. The predicted octanol–water partition coefficient (Wildman–Crippen LogP) is 5.47. The van der Waals surface area contributed by atoms with E-state index in [0.29, 0.717) is 17.1 Å². The smallest absolute Gasteiger partial charge is 0.329 e. The van der Waals surface area contributed by atoms with Crippen molar-refractivity contribution in [1.82, 2.24) is 0 Å². The normalized spacial score (nSPS) is 12.0. The molecule has 1 atom stereocenters. The first-order valence-electron chi connectivity index (χ1n) is 9.48. The number of H-pyrrole nitrogens is 1. The predicted molar refractivity (Wildman–Crippen MR) is 116 cm³/mol. The molecule has 0 aliphatic heterocycles. The van der Waals surface area contributed by atoms with Crippen LogP contribution >= 0.6 is 11.3 Å². The zero-order valence-corrected chi connectivity index (χ0v) is 17.2. The van der Waals surface area contributed by atoms with E-state index in [1.165, 1.54) is 29.5 Å². The van der Waals surface area contributed by atoms with Gasteiger partial charge in [-0.3, -0.25) is 5.73 Å². The highest BCUT2D eigenvalue weighted by molar-refractivity contribution is 7.13. The number of hydrogen-bond acceptors (Lipinski definition) is 3. The molecule has 0 bridgehead atoms. The van der Waals surface area contributed by atoms with Gasteiger partial charge in [-0.2, -0.15) is 0 Å². The third kappa shape index (κ3) is 4.19. The molecule has 3 nitrogen and oxygen atoms in total. The Hall–Kier alpha value is -3.25. The van der Waals surface area contributed by atoms with E-state index in [1.54, 1.807) is 19.2 Å². The number of aromatic amines is 1. The van der Waals surface area contributed by atoms with Crippen LogP contribution in [-0.4, -0.2) is 7.11 Å². The Kier molecular flexibility index (Phi) is 5.77. The van der Waals surface area contributed by atoms with Gasteiger partial charge < -0.3 is 4.74 Å². The van der Waals surface area contributed by atoms with Gasteiger partial charge in [0.15, 0.2) is 0 Å². The van der Waals surface area contributed by atoms with Crippen LogP contribution in [0.1, 0.15) is 22.7 Å². The summed E-state index contributed by atoms with van der Waals surface area (Å²) < 4.78 is 33.4.